The quantitative estimate of drug-likeness (QED) is 0.566. The highest BCUT2D eigenvalue weighted by Crippen LogP contribution is 2.25. The number of hydrogen-bond acceptors (Lipinski definition) is 6. The van der Waals surface area contributed by atoms with Crippen molar-refractivity contribution in [2.24, 2.45) is 0 Å². The van der Waals surface area contributed by atoms with E-state index >= 15 is 0 Å². The summed E-state index contributed by atoms with van der Waals surface area (Å²) >= 11 is 0. The maximum absolute atomic E-state index is 13.1. The van der Waals surface area contributed by atoms with Crippen LogP contribution in [0.25, 0.3) is 22.4 Å². The van der Waals surface area contributed by atoms with Gasteiger partial charge in [0, 0.05) is 30.1 Å². The molecule has 0 aliphatic carbocycles. The molecule has 0 spiro atoms. The van der Waals surface area contributed by atoms with E-state index in [1.165, 1.54) is 12.5 Å². The fourth-order valence-electron chi connectivity index (χ4n) is 2.89. The van der Waals surface area contributed by atoms with Crippen LogP contribution in [0.4, 0.5) is 0 Å². The second-order valence-electron chi connectivity index (χ2n) is 5.53. The van der Waals surface area contributed by atoms with Gasteiger partial charge in [0.25, 0.3) is 11.3 Å². The molecule has 0 N–H and O–H groups in total. The predicted molar refractivity (Wildman–Crippen MR) is 91.7 cm³/mol. The van der Waals surface area contributed by atoms with Crippen LogP contribution in [0.3, 0.4) is 0 Å². The summed E-state index contributed by atoms with van der Waals surface area (Å²) in [5.74, 6) is 1.66. The van der Waals surface area contributed by atoms with Crippen LogP contribution in [0.15, 0.2) is 41.6 Å². The molecule has 4 rings (SSSR count). The Hall–Kier alpha value is -3.42. The summed E-state index contributed by atoms with van der Waals surface area (Å²) in [5.41, 5.74) is 1.86. The lowest BCUT2D eigenvalue weighted by molar-refractivity contribution is 0.394. The molecular formula is C17H15N5O3. The average molecular weight is 337 g/mol. The van der Waals surface area contributed by atoms with Crippen molar-refractivity contribution < 1.29 is 9.47 Å². The van der Waals surface area contributed by atoms with Crippen molar-refractivity contribution in [2.45, 2.75) is 6.92 Å². The van der Waals surface area contributed by atoms with Gasteiger partial charge in [-0.15, -0.1) is 0 Å². The maximum atomic E-state index is 13.1. The van der Waals surface area contributed by atoms with E-state index in [1.54, 1.807) is 41.5 Å². The fourth-order valence-corrected chi connectivity index (χ4v) is 2.89. The van der Waals surface area contributed by atoms with Crippen LogP contribution in [0.2, 0.25) is 0 Å². The lowest BCUT2D eigenvalue weighted by Crippen LogP contribution is -2.22. The minimum absolute atomic E-state index is 0.199. The monoisotopic (exact) mass is 337 g/mol. The Morgan fingerprint density at radius 3 is 2.40 bits per heavy atom. The molecule has 0 amide bonds. The van der Waals surface area contributed by atoms with Gasteiger partial charge in [0.15, 0.2) is 0 Å². The summed E-state index contributed by atoms with van der Waals surface area (Å²) in [5, 5.41) is 4.59. The van der Waals surface area contributed by atoms with Gasteiger partial charge in [0.2, 0.25) is 0 Å². The van der Waals surface area contributed by atoms with E-state index < -0.39 is 0 Å². The molecule has 3 heterocycles. The summed E-state index contributed by atoms with van der Waals surface area (Å²) in [6, 6.07) is 7.20. The molecule has 0 aliphatic rings. The highest BCUT2D eigenvalue weighted by atomic mass is 16.5. The number of ether oxygens (including phenoxy) is 2. The van der Waals surface area contributed by atoms with Crippen LogP contribution in [0, 0.1) is 6.92 Å². The third-order valence-electron chi connectivity index (χ3n) is 4.07. The number of methoxy groups -OCH3 is 2. The van der Waals surface area contributed by atoms with E-state index in [-0.39, 0.29) is 5.56 Å². The van der Waals surface area contributed by atoms with Crippen LogP contribution in [-0.4, -0.2) is 38.4 Å². The SMILES string of the molecule is COc1cc(OC)cc(-n2c(C)cc3c(cnc4ncnn43)c2=O)c1. The Balaban J connectivity index is 2.06. The molecule has 0 bridgehead atoms. The molecule has 0 aliphatic heterocycles. The molecule has 0 saturated carbocycles. The topological polar surface area (TPSA) is 83.5 Å². The fraction of sp³-hybridized carbons (Fsp3) is 0.176. The van der Waals surface area contributed by atoms with Crippen LogP contribution in [0.1, 0.15) is 5.69 Å². The Bertz CT molecular complexity index is 1140. The van der Waals surface area contributed by atoms with Gasteiger partial charge < -0.3 is 9.47 Å². The van der Waals surface area contributed by atoms with E-state index in [4.69, 9.17) is 9.47 Å². The molecule has 3 aromatic heterocycles. The Labute approximate surface area is 142 Å². The molecule has 4 aromatic rings. The van der Waals surface area contributed by atoms with Crippen molar-refractivity contribution in [1.82, 2.24) is 24.1 Å². The Morgan fingerprint density at radius 1 is 1.00 bits per heavy atom. The van der Waals surface area contributed by atoms with Crippen LogP contribution >= 0.6 is 0 Å². The molecule has 8 heteroatoms. The smallest absolute Gasteiger partial charge is 0.266 e. The minimum atomic E-state index is -0.199. The van der Waals surface area contributed by atoms with E-state index in [0.29, 0.717) is 33.9 Å². The van der Waals surface area contributed by atoms with E-state index in [2.05, 4.69) is 15.1 Å². The van der Waals surface area contributed by atoms with Crippen LogP contribution in [-0.2, 0) is 0 Å². The molecule has 126 valence electrons. The second-order valence-corrected chi connectivity index (χ2v) is 5.53. The summed E-state index contributed by atoms with van der Waals surface area (Å²) in [6.45, 7) is 1.86. The number of aryl methyl sites for hydroxylation is 1. The maximum Gasteiger partial charge on any atom is 0.266 e. The largest absolute Gasteiger partial charge is 0.497 e. The van der Waals surface area contributed by atoms with Gasteiger partial charge in [0.05, 0.1) is 30.8 Å². The van der Waals surface area contributed by atoms with Crippen molar-refractivity contribution in [2.75, 3.05) is 14.2 Å². The van der Waals surface area contributed by atoms with Gasteiger partial charge in [0.1, 0.15) is 17.8 Å². The zero-order valence-corrected chi connectivity index (χ0v) is 13.9. The number of nitrogens with zero attached hydrogens (tertiary/aromatic N) is 5. The van der Waals surface area contributed by atoms with Gasteiger partial charge in [-0.3, -0.25) is 9.36 Å². The first-order valence-corrected chi connectivity index (χ1v) is 7.57. The van der Waals surface area contributed by atoms with Crippen molar-refractivity contribution >= 4 is 16.7 Å². The first-order chi connectivity index (χ1) is 12.1. The summed E-state index contributed by atoms with van der Waals surface area (Å²) in [7, 11) is 3.14. The van der Waals surface area contributed by atoms with Crippen molar-refractivity contribution in [3.8, 4) is 17.2 Å². The van der Waals surface area contributed by atoms with Crippen molar-refractivity contribution in [1.29, 1.82) is 0 Å². The molecular weight excluding hydrogens is 322 g/mol. The molecule has 0 unspecified atom stereocenters. The van der Waals surface area contributed by atoms with Gasteiger partial charge in [-0.05, 0) is 13.0 Å². The van der Waals surface area contributed by atoms with Crippen LogP contribution < -0.4 is 15.0 Å². The molecule has 0 atom stereocenters. The van der Waals surface area contributed by atoms with E-state index in [9.17, 15) is 4.79 Å². The first kappa shape index (κ1) is 15.1. The summed E-state index contributed by atoms with van der Waals surface area (Å²) in [6.07, 6.45) is 2.94. The Kier molecular flexibility index (Phi) is 3.38. The lowest BCUT2D eigenvalue weighted by atomic mass is 10.2. The lowest BCUT2D eigenvalue weighted by Gasteiger charge is -2.14. The highest BCUT2D eigenvalue weighted by Gasteiger charge is 2.14. The summed E-state index contributed by atoms with van der Waals surface area (Å²) in [4.78, 5) is 21.3. The Morgan fingerprint density at radius 2 is 1.72 bits per heavy atom. The molecule has 0 radical (unpaired) electrons. The first-order valence-electron chi connectivity index (χ1n) is 7.57. The molecule has 0 saturated heterocycles. The van der Waals surface area contributed by atoms with Gasteiger partial charge >= 0.3 is 0 Å². The zero-order chi connectivity index (χ0) is 17.6. The average Bonchev–Trinajstić information content (AvgIpc) is 3.10. The second kappa shape index (κ2) is 5.59. The van der Waals surface area contributed by atoms with Gasteiger partial charge in [-0.2, -0.15) is 14.6 Å². The van der Waals surface area contributed by atoms with Crippen molar-refractivity contribution in [3.05, 3.63) is 52.8 Å². The summed E-state index contributed by atoms with van der Waals surface area (Å²) < 4.78 is 13.8. The number of rotatable bonds is 3. The third-order valence-corrected chi connectivity index (χ3v) is 4.07. The van der Waals surface area contributed by atoms with Gasteiger partial charge in [-0.25, -0.2) is 4.98 Å². The molecule has 25 heavy (non-hydrogen) atoms. The van der Waals surface area contributed by atoms with Crippen LogP contribution in [0.5, 0.6) is 11.5 Å². The van der Waals surface area contributed by atoms with E-state index in [1.807, 2.05) is 13.0 Å². The number of pyridine rings is 1. The number of aromatic nitrogens is 5. The number of hydrogen-bond donors (Lipinski definition) is 0. The normalized spacial score (nSPS) is 11.2. The standard InChI is InChI=1S/C17H15N5O3/c1-10-4-15-14(8-18-17-19-9-20-22(15)17)16(23)21(10)11-5-12(24-2)7-13(6-11)25-3/h4-9H,1-3H3. The van der Waals surface area contributed by atoms with Crippen molar-refractivity contribution in [3.63, 3.8) is 0 Å². The van der Waals surface area contributed by atoms with E-state index in [0.717, 1.165) is 5.69 Å². The minimum Gasteiger partial charge on any atom is -0.497 e. The number of benzene rings is 1. The number of fused-ring (bicyclic) bond motifs is 3. The third kappa shape index (κ3) is 2.30. The highest BCUT2D eigenvalue weighted by molar-refractivity contribution is 5.79. The zero-order valence-electron chi connectivity index (χ0n) is 13.9. The predicted octanol–water partition coefficient (Wildman–Crippen LogP) is 1.75. The van der Waals surface area contributed by atoms with Gasteiger partial charge in [-0.1, -0.05) is 0 Å². The molecule has 8 nitrogen and oxygen atoms in total. The molecule has 0 fully saturated rings. The molecule has 1 aromatic carbocycles.